The van der Waals surface area contributed by atoms with Gasteiger partial charge in [0.15, 0.2) is 0 Å². The molecule has 5 heteroatoms. The average Bonchev–Trinajstić information content (AvgIpc) is 2.97. The molecule has 0 aliphatic carbocycles. The van der Waals surface area contributed by atoms with Crippen molar-refractivity contribution >= 4 is 0 Å². The van der Waals surface area contributed by atoms with Gasteiger partial charge in [0.25, 0.3) is 0 Å². The second-order valence-electron chi connectivity index (χ2n) is 4.62. The molecule has 0 saturated carbocycles. The first-order chi connectivity index (χ1) is 9.83. The van der Waals surface area contributed by atoms with E-state index in [0.717, 1.165) is 25.1 Å². The Morgan fingerprint density at radius 3 is 2.65 bits per heavy atom. The molecule has 0 amide bonds. The third-order valence-corrected chi connectivity index (χ3v) is 3.24. The van der Waals surface area contributed by atoms with Crippen molar-refractivity contribution in [2.75, 3.05) is 13.2 Å². The normalized spacial score (nSPS) is 10.9. The van der Waals surface area contributed by atoms with Crippen molar-refractivity contribution in [2.45, 2.75) is 32.7 Å². The molecule has 0 bridgehead atoms. The summed E-state index contributed by atoms with van der Waals surface area (Å²) in [5.74, 6) is 0. The standard InChI is InChI=1S/C15H22N4O/c1-3-13(4-2)16-10-11-20-15-17-12-19(18-15)14-8-6-5-7-9-14/h5-9,12-13,16H,3-4,10-11H2,1-2H3. The Morgan fingerprint density at radius 1 is 1.20 bits per heavy atom. The summed E-state index contributed by atoms with van der Waals surface area (Å²) in [5.41, 5.74) is 0.977. The van der Waals surface area contributed by atoms with Gasteiger partial charge in [0.05, 0.1) is 5.69 Å². The second kappa shape index (κ2) is 7.65. The van der Waals surface area contributed by atoms with Gasteiger partial charge in [-0.25, -0.2) is 4.68 Å². The molecule has 5 nitrogen and oxygen atoms in total. The van der Waals surface area contributed by atoms with E-state index in [0.29, 0.717) is 18.7 Å². The van der Waals surface area contributed by atoms with Crippen LogP contribution < -0.4 is 10.1 Å². The molecule has 108 valence electrons. The second-order valence-corrected chi connectivity index (χ2v) is 4.62. The number of nitrogens with zero attached hydrogens (tertiary/aromatic N) is 3. The van der Waals surface area contributed by atoms with Crippen LogP contribution in [-0.4, -0.2) is 34.0 Å². The Hall–Kier alpha value is -1.88. The molecule has 2 aromatic rings. The first-order valence-electron chi connectivity index (χ1n) is 7.16. The highest BCUT2D eigenvalue weighted by Gasteiger charge is 2.04. The van der Waals surface area contributed by atoms with Gasteiger partial charge in [-0.2, -0.15) is 4.98 Å². The lowest BCUT2D eigenvalue weighted by Crippen LogP contribution is -2.31. The molecule has 1 aromatic heterocycles. The van der Waals surface area contributed by atoms with Gasteiger partial charge < -0.3 is 10.1 Å². The van der Waals surface area contributed by atoms with Crippen LogP contribution >= 0.6 is 0 Å². The Balaban J connectivity index is 1.79. The molecule has 1 heterocycles. The zero-order chi connectivity index (χ0) is 14.2. The summed E-state index contributed by atoms with van der Waals surface area (Å²) in [6.45, 7) is 5.76. The van der Waals surface area contributed by atoms with E-state index >= 15 is 0 Å². The van der Waals surface area contributed by atoms with Crippen LogP contribution in [0.3, 0.4) is 0 Å². The molecule has 0 saturated heterocycles. The molecular weight excluding hydrogens is 252 g/mol. The van der Waals surface area contributed by atoms with E-state index in [-0.39, 0.29) is 0 Å². The average molecular weight is 274 g/mol. The number of ether oxygens (including phenoxy) is 1. The minimum Gasteiger partial charge on any atom is -0.461 e. The van der Waals surface area contributed by atoms with Gasteiger partial charge in [-0.05, 0) is 25.0 Å². The van der Waals surface area contributed by atoms with Crippen LogP contribution in [0.25, 0.3) is 5.69 Å². The molecule has 1 aromatic carbocycles. The number of aromatic nitrogens is 3. The number of nitrogens with one attached hydrogen (secondary N) is 1. The Labute approximate surface area is 120 Å². The maximum atomic E-state index is 5.54. The molecule has 0 fully saturated rings. The minimum atomic E-state index is 0.417. The van der Waals surface area contributed by atoms with Crippen molar-refractivity contribution in [3.63, 3.8) is 0 Å². The van der Waals surface area contributed by atoms with Gasteiger partial charge >= 0.3 is 6.01 Å². The molecule has 0 unspecified atom stereocenters. The number of hydrogen-bond acceptors (Lipinski definition) is 4. The van der Waals surface area contributed by atoms with E-state index in [1.807, 2.05) is 30.3 Å². The van der Waals surface area contributed by atoms with Crippen LogP contribution in [0.2, 0.25) is 0 Å². The van der Waals surface area contributed by atoms with E-state index < -0.39 is 0 Å². The maximum Gasteiger partial charge on any atom is 0.335 e. The monoisotopic (exact) mass is 274 g/mol. The van der Waals surface area contributed by atoms with Crippen molar-refractivity contribution in [1.82, 2.24) is 20.1 Å². The molecule has 0 atom stereocenters. The number of benzene rings is 1. The van der Waals surface area contributed by atoms with Gasteiger partial charge in [-0.3, -0.25) is 0 Å². The highest BCUT2D eigenvalue weighted by atomic mass is 16.5. The molecule has 0 radical (unpaired) electrons. The summed E-state index contributed by atoms with van der Waals surface area (Å²) < 4.78 is 7.25. The van der Waals surface area contributed by atoms with Crippen LogP contribution in [0.1, 0.15) is 26.7 Å². The predicted octanol–water partition coefficient (Wildman–Crippen LogP) is 2.42. The topological polar surface area (TPSA) is 52.0 Å². The molecule has 0 spiro atoms. The van der Waals surface area contributed by atoms with Crippen LogP contribution in [0.5, 0.6) is 6.01 Å². The lowest BCUT2D eigenvalue weighted by atomic mass is 10.2. The lowest BCUT2D eigenvalue weighted by molar-refractivity contribution is 0.281. The van der Waals surface area contributed by atoms with Gasteiger partial charge in [0.2, 0.25) is 0 Å². The number of hydrogen-bond donors (Lipinski definition) is 1. The SMILES string of the molecule is CCC(CC)NCCOc1ncn(-c2ccccc2)n1. The number of rotatable bonds is 8. The van der Waals surface area contributed by atoms with Crippen molar-refractivity contribution in [3.05, 3.63) is 36.7 Å². The Kier molecular flexibility index (Phi) is 5.55. The number of para-hydroxylation sites is 1. The fourth-order valence-corrected chi connectivity index (χ4v) is 2.00. The smallest absolute Gasteiger partial charge is 0.335 e. The van der Waals surface area contributed by atoms with Crippen molar-refractivity contribution < 1.29 is 4.74 Å². The minimum absolute atomic E-state index is 0.417. The van der Waals surface area contributed by atoms with Gasteiger partial charge in [-0.1, -0.05) is 32.0 Å². The van der Waals surface area contributed by atoms with E-state index in [9.17, 15) is 0 Å². The summed E-state index contributed by atoms with van der Waals surface area (Å²) >= 11 is 0. The fourth-order valence-electron chi connectivity index (χ4n) is 2.00. The van der Waals surface area contributed by atoms with Crippen molar-refractivity contribution in [3.8, 4) is 11.7 Å². The summed E-state index contributed by atoms with van der Waals surface area (Å²) in [4.78, 5) is 4.15. The molecule has 2 rings (SSSR count). The third kappa shape index (κ3) is 4.06. The molecule has 0 aliphatic rings. The summed E-state index contributed by atoms with van der Waals surface area (Å²) in [5, 5.41) is 7.73. The molecule has 1 N–H and O–H groups in total. The first-order valence-corrected chi connectivity index (χ1v) is 7.16. The fraction of sp³-hybridized carbons (Fsp3) is 0.467. The largest absolute Gasteiger partial charge is 0.461 e. The van der Waals surface area contributed by atoms with E-state index in [1.165, 1.54) is 0 Å². The summed E-state index contributed by atoms with van der Waals surface area (Å²) in [6, 6.07) is 10.9. The van der Waals surface area contributed by atoms with Crippen molar-refractivity contribution in [2.24, 2.45) is 0 Å². The Morgan fingerprint density at radius 2 is 1.95 bits per heavy atom. The molecule has 0 aliphatic heterocycles. The highest BCUT2D eigenvalue weighted by Crippen LogP contribution is 2.07. The van der Waals surface area contributed by atoms with E-state index in [1.54, 1.807) is 11.0 Å². The van der Waals surface area contributed by atoms with E-state index in [2.05, 4.69) is 29.2 Å². The summed E-state index contributed by atoms with van der Waals surface area (Å²) in [6.07, 6.45) is 3.94. The van der Waals surface area contributed by atoms with E-state index in [4.69, 9.17) is 4.74 Å². The molecule has 20 heavy (non-hydrogen) atoms. The first kappa shape index (κ1) is 14.5. The van der Waals surface area contributed by atoms with Crippen LogP contribution in [-0.2, 0) is 0 Å². The third-order valence-electron chi connectivity index (χ3n) is 3.24. The zero-order valence-electron chi connectivity index (χ0n) is 12.1. The molecular formula is C15H22N4O. The van der Waals surface area contributed by atoms with Gasteiger partial charge in [0.1, 0.15) is 12.9 Å². The quantitative estimate of drug-likeness (QED) is 0.751. The summed E-state index contributed by atoms with van der Waals surface area (Å²) in [7, 11) is 0. The van der Waals surface area contributed by atoms with Crippen LogP contribution in [0, 0.1) is 0 Å². The van der Waals surface area contributed by atoms with Gasteiger partial charge in [-0.15, -0.1) is 5.10 Å². The zero-order valence-corrected chi connectivity index (χ0v) is 12.1. The highest BCUT2D eigenvalue weighted by molar-refractivity contribution is 5.29. The van der Waals surface area contributed by atoms with Crippen LogP contribution in [0.4, 0.5) is 0 Å². The van der Waals surface area contributed by atoms with Gasteiger partial charge in [0, 0.05) is 12.6 Å². The van der Waals surface area contributed by atoms with Crippen molar-refractivity contribution in [1.29, 1.82) is 0 Å². The van der Waals surface area contributed by atoms with Crippen LogP contribution in [0.15, 0.2) is 36.7 Å². The maximum absolute atomic E-state index is 5.54. The Bertz CT molecular complexity index is 494. The lowest BCUT2D eigenvalue weighted by Gasteiger charge is -2.13. The predicted molar refractivity (Wildman–Crippen MR) is 79.2 cm³/mol.